The van der Waals surface area contributed by atoms with Crippen LogP contribution in [0.5, 0.6) is 0 Å². The Kier molecular flexibility index (Phi) is 56.8. The summed E-state index contributed by atoms with van der Waals surface area (Å²) in [5.41, 5.74) is 2.38. The Balaban J connectivity index is -0.00000150. The van der Waals surface area contributed by atoms with Crippen LogP contribution in [0.2, 0.25) is 0 Å². The van der Waals surface area contributed by atoms with Crippen molar-refractivity contribution in [3.63, 3.8) is 0 Å². The van der Waals surface area contributed by atoms with E-state index in [1.165, 1.54) is 33.5 Å². The highest BCUT2D eigenvalue weighted by atomic mass is 32.2. The molecule has 3 amide bonds. The van der Waals surface area contributed by atoms with Gasteiger partial charge in [-0.05, 0) is 170 Å². The predicted octanol–water partition coefficient (Wildman–Crippen LogP) is 20.6. The second kappa shape index (κ2) is 57.9. The minimum atomic E-state index is -4.32. The number of nitrogens with one attached hydrogen (secondary N) is 4. The zero-order chi connectivity index (χ0) is 110. The molecule has 6 rings (SSSR count). The third-order valence-corrected chi connectivity index (χ3v) is 31.0. The molecule has 0 unspecified atom stereocenters. The normalized spacial score (nSPS) is 15.2. The van der Waals surface area contributed by atoms with E-state index in [1.807, 2.05) is 116 Å². The number of hydrogen-bond acceptors (Lipinski definition) is 20. The molecule has 41 heteroatoms. The third-order valence-electron chi connectivity index (χ3n) is 20.5. The summed E-state index contributed by atoms with van der Waals surface area (Å²) in [7, 11) is -14.0. The van der Waals surface area contributed by atoms with Crippen LogP contribution < -0.4 is 20.1 Å². The molecule has 0 spiro atoms. The first-order chi connectivity index (χ1) is 62.2. The second-order valence-electron chi connectivity index (χ2n) is 45.7. The van der Waals surface area contributed by atoms with E-state index in [9.17, 15) is 91.2 Å². The zero-order valence-electron chi connectivity index (χ0n) is 90.5. The average molecular weight is 2100 g/mol. The van der Waals surface area contributed by atoms with Gasteiger partial charge in [0.2, 0.25) is 36.0 Å². The second-order valence-corrected chi connectivity index (χ2v) is 56.9. The Morgan fingerprint density at radius 2 is 0.734 bits per heavy atom. The molecule has 0 aromatic heterocycles. The van der Waals surface area contributed by atoms with Crippen molar-refractivity contribution < 1.29 is 101 Å². The van der Waals surface area contributed by atoms with Crippen LogP contribution in [0.25, 0.3) is 0 Å². The molecule has 3 aromatic carbocycles. The van der Waals surface area contributed by atoms with Gasteiger partial charge in [0.15, 0.2) is 0 Å². The van der Waals surface area contributed by atoms with Crippen LogP contribution in [-0.4, -0.2) is 243 Å². The van der Waals surface area contributed by atoms with Gasteiger partial charge in [0.05, 0.1) is 48.5 Å². The fourth-order valence-corrected chi connectivity index (χ4v) is 18.8. The molecule has 3 aliphatic rings. The first-order valence-electron chi connectivity index (χ1n) is 46.7. The number of benzene rings is 3. The number of carbonyl (C=O) groups excluding carboxylic acids is 3. The molecule has 810 valence electrons. The van der Waals surface area contributed by atoms with E-state index in [1.54, 1.807) is 85.1 Å². The summed E-state index contributed by atoms with van der Waals surface area (Å²) in [6, 6.07) is 22.3. The number of allylic oxidation sites excluding steroid dienone is 3. The summed E-state index contributed by atoms with van der Waals surface area (Å²) in [6.07, 6.45) is -1.64. The molecule has 0 atom stereocenters. The van der Waals surface area contributed by atoms with Crippen LogP contribution in [0, 0.1) is 62.6 Å². The summed E-state index contributed by atoms with van der Waals surface area (Å²) < 4.78 is 238. The predicted molar refractivity (Wildman–Crippen MR) is 551 cm³/mol. The first kappa shape index (κ1) is 136. The highest BCUT2D eigenvalue weighted by molar-refractivity contribution is 7.90. The SMILES string of the molecule is C=C(C)NCCC(C)(C)C.C=C(N(C)CCC(C)(C)C)C(F)(F)F.C=C(NCCC(C)(C)C)C(F)(F)F.CC(C)(C)CCNS(=O)(=O)c1ccccc1.CN(CCC(C)(C)C)S(=O)(=O)N1CCCC1.COC(=O)N1CCN(C(=O)CC(C)(C)C)S1(=O)=O.COC(=O)N1CCN(CCC(C)(C)C)S1(=O)=O.Cc1ccc(S(=O)(=O)N(C)CCC(C)(C)C)cc1.Cc1ccc(S(=O)(=O)NCCC(C)(C)C)cc1. The molecule has 3 saturated heterocycles. The van der Waals surface area contributed by atoms with Crippen molar-refractivity contribution >= 4 is 78.8 Å². The number of methoxy groups -OCH3 is 2. The standard InChI is InChI=1S/C14H23NO2S.C13H21NO2S.C12H19NO2S.C11H24N2O2S.C10H18F3N.C10H18N2O5S.C10H20N2O4S.C9H16F3N.C9H19N/c1-12-6-8-13(9-7-12)18(16,17)15(5)11-10-14(2,3)4;1-11-5-7-12(8-6-11)17(15,16)14-10-9-13(2,3)4;1-12(2,3)9-10-13-16(14,15)11-7-5-4-6-8-11;1-11(2,3)7-10-12(4)16(14,15)13-8-5-6-9-13;1-8(10(11,12)13)14(5)7-6-9(2,3)4;1-10(2,3)7-8(13)11-5-6-12(9(14)17-4)18(11,15)16;1-10(2,3)5-6-11-7-8-12(9(13)16-4)17(11,14)15;1-7(9(10,11)12)13-6-5-8(2,3)4;1-8(2)10-7-6-9(3,4)5/h6-9H,10-11H2,1-5H3;5-8,14H,9-10H2,1-4H3;4-8,13H,9-10H2,1-3H3;5-10H2,1-4H3;1,6-7H2,2-5H3;5-7H2,1-4H3;5-8H2,1-4H3;13H,1,5-6H2,2-4H3;10H,1,6-7H2,2-5H3. The number of hydrogen-bond donors (Lipinski definition) is 4. The van der Waals surface area contributed by atoms with E-state index >= 15 is 0 Å². The minimum Gasteiger partial charge on any atom is -0.452 e. The van der Waals surface area contributed by atoms with Gasteiger partial charge in [-0.2, -0.15) is 73.1 Å². The maximum atomic E-state index is 12.3. The maximum Gasteiger partial charge on any atom is 0.430 e. The largest absolute Gasteiger partial charge is 0.452 e. The quantitative estimate of drug-likeness (QED) is 0.0491. The van der Waals surface area contributed by atoms with Crippen molar-refractivity contribution in [3.05, 3.63) is 127 Å². The monoisotopic (exact) mass is 2100 g/mol. The summed E-state index contributed by atoms with van der Waals surface area (Å²) in [5, 5.41) is 5.47. The number of rotatable bonds is 28. The third kappa shape index (κ3) is 61.3. The Morgan fingerprint density at radius 1 is 0.403 bits per heavy atom. The van der Waals surface area contributed by atoms with Gasteiger partial charge in [-0.1, -0.05) is 260 Å². The van der Waals surface area contributed by atoms with Crippen LogP contribution in [-0.2, 0) is 75.0 Å². The molecule has 0 saturated carbocycles. The molecular weight excluding hydrogens is 1920 g/mol. The molecule has 0 bridgehead atoms. The minimum absolute atomic E-state index is 0.0215. The van der Waals surface area contributed by atoms with E-state index in [2.05, 4.69) is 153 Å². The van der Waals surface area contributed by atoms with Gasteiger partial charge < -0.3 is 25.0 Å². The van der Waals surface area contributed by atoms with Gasteiger partial charge in [0.1, 0.15) is 11.4 Å². The van der Waals surface area contributed by atoms with Crippen molar-refractivity contribution in [3.8, 4) is 0 Å². The van der Waals surface area contributed by atoms with Gasteiger partial charge in [-0.15, -0.1) is 0 Å². The summed E-state index contributed by atoms with van der Waals surface area (Å²) >= 11 is 0. The lowest BCUT2D eigenvalue weighted by Gasteiger charge is -2.27. The molecule has 29 nitrogen and oxygen atoms in total. The van der Waals surface area contributed by atoms with Gasteiger partial charge in [-0.25, -0.2) is 52.9 Å². The lowest BCUT2D eigenvalue weighted by atomic mass is 9.92. The van der Waals surface area contributed by atoms with E-state index in [0.29, 0.717) is 103 Å². The number of nitrogens with zero attached hydrogens (tertiary/aromatic N) is 8. The van der Waals surface area contributed by atoms with Crippen molar-refractivity contribution in [2.24, 2.45) is 48.7 Å². The van der Waals surface area contributed by atoms with Crippen molar-refractivity contribution in [1.29, 1.82) is 0 Å². The Morgan fingerprint density at radius 3 is 1.09 bits per heavy atom. The van der Waals surface area contributed by atoms with Crippen LogP contribution in [0.15, 0.2) is 130 Å². The summed E-state index contributed by atoms with van der Waals surface area (Å²) in [5.74, 6) is -0.506. The molecule has 0 radical (unpaired) electrons. The number of amides is 3. The number of ether oxygens (including phenoxy) is 2. The van der Waals surface area contributed by atoms with Crippen LogP contribution in [0.1, 0.15) is 276 Å². The molecule has 3 fully saturated rings. The van der Waals surface area contributed by atoms with Crippen molar-refractivity contribution in [1.82, 2.24) is 55.1 Å². The smallest absolute Gasteiger partial charge is 0.430 e. The molecule has 0 aliphatic carbocycles. The number of alkyl halides is 6. The van der Waals surface area contributed by atoms with E-state index in [-0.39, 0.29) is 69.4 Å². The van der Waals surface area contributed by atoms with Gasteiger partial charge in [0.25, 0.3) is 10.2 Å². The van der Waals surface area contributed by atoms with Gasteiger partial charge in [-0.3, -0.25) is 4.79 Å². The summed E-state index contributed by atoms with van der Waals surface area (Å²) in [6.45, 7) is 77.2. The number of halogens is 6. The van der Waals surface area contributed by atoms with Crippen molar-refractivity contribution in [2.75, 3.05) is 127 Å². The number of sulfonamides is 3. The van der Waals surface area contributed by atoms with E-state index < -0.39 is 103 Å². The summed E-state index contributed by atoms with van der Waals surface area (Å²) in [4.78, 5) is 36.6. The zero-order valence-corrected chi connectivity index (χ0v) is 95.4. The van der Waals surface area contributed by atoms with Crippen molar-refractivity contribution in [2.45, 2.75) is 305 Å². The van der Waals surface area contributed by atoms with E-state index in [4.69, 9.17) is 0 Å². The fourth-order valence-electron chi connectivity index (χ4n) is 11.2. The Labute approximate surface area is 837 Å². The lowest BCUT2D eigenvalue weighted by Crippen LogP contribution is -2.41. The topological polar surface area (TPSA) is 349 Å². The molecule has 4 N–H and O–H groups in total. The lowest BCUT2D eigenvalue weighted by molar-refractivity contribution is -0.128. The van der Waals surface area contributed by atoms with Crippen LogP contribution in [0.4, 0.5) is 35.9 Å². The Bertz CT molecular complexity index is 4930. The van der Waals surface area contributed by atoms with Crippen LogP contribution >= 0.6 is 0 Å². The molecule has 139 heavy (non-hydrogen) atoms. The van der Waals surface area contributed by atoms with Crippen LogP contribution in [0.3, 0.4) is 0 Å². The molecule has 3 heterocycles. The van der Waals surface area contributed by atoms with Gasteiger partial charge in [0, 0.05) is 105 Å². The Hall–Kier alpha value is -6.67. The van der Waals surface area contributed by atoms with Gasteiger partial charge >= 0.3 is 45.0 Å². The molecule has 3 aromatic rings. The first-order valence-corrected chi connectivity index (χ1v) is 55.3. The molecular formula is C98H178F6N12O17S6. The fraction of sp³-hybridized carbons (Fsp3) is 0.724. The number of aryl methyl sites for hydroxylation is 2. The highest BCUT2D eigenvalue weighted by Gasteiger charge is 2.45. The maximum absolute atomic E-state index is 12.3. The average Bonchev–Trinajstić information content (AvgIpc) is 1.65. The molecule has 3 aliphatic heterocycles. The van der Waals surface area contributed by atoms with E-state index in [0.717, 1.165) is 88.9 Å². The number of carbonyl (C=O) groups is 3. The highest BCUT2D eigenvalue weighted by Crippen LogP contribution is 2.32.